The molecule has 2 aromatic heterocycles. The Kier molecular flexibility index (Phi) is 4.56. The van der Waals surface area contributed by atoms with E-state index in [1.807, 2.05) is 65.4 Å². The summed E-state index contributed by atoms with van der Waals surface area (Å²) in [6.45, 7) is 4.29. The van der Waals surface area contributed by atoms with Crippen molar-refractivity contribution in [2.45, 2.75) is 32.4 Å². The predicted octanol–water partition coefficient (Wildman–Crippen LogP) is 2.91. The van der Waals surface area contributed by atoms with E-state index >= 15 is 0 Å². The first kappa shape index (κ1) is 16.6. The second-order valence-corrected chi connectivity index (χ2v) is 6.83. The van der Waals surface area contributed by atoms with E-state index in [4.69, 9.17) is 0 Å². The van der Waals surface area contributed by atoms with E-state index in [-0.39, 0.29) is 5.91 Å². The van der Waals surface area contributed by atoms with Gasteiger partial charge in [-0.1, -0.05) is 12.1 Å². The van der Waals surface area contributed by atoms with Crippen LogP contribution in [0.3, 0.4) is 0 Å². The molecule has 134 valence electrons. The fourth-order valence-corrected chi connectivity index (χ4v) is 3.66. The molecule has 6 heteroatoms. The van der Waals surface area contributed by atoms with Gasteiger partial charge in [-0.25, -0.2) is 4.98 Å². The van der Waals surface area contributed by atoms with E-state index in [2.05, 4.69) is 14.6 Å². The molecular formula is C20H23N5O. The molecular weight excluding hydrogens is 326 g/mol. The number of aryl methyl sites for hydroxylation is 1. The maximum absolute atomic E-state index is 12.9. The topological polar surface area (TPSA) is 56.0 Å². The molecule has 0 saturated carbocycles. The molecule has 0 aliphatic carbocycles. The summed E-state index contributed by atoms with van der Waals surface area (Å²) in [5.41, 5.74) is 1.88. The van der Waals surface area contributed by atoms with Gasteiger partial charge in [0.15, 0.2) is 0 Å². The summed E-state index contributed by atoms with van der Waals surface area (Å²) in [5, 5.41) is 4.22. The van der Waals surface area contributed by atoms with Crippen molar-refractivity contribution in [2.75, 3.05) is 13.1 Å². The van der Waals surface area contributed by atoms with Gasteiger partial charge in [-0.05, 0) is 43.5 Å². The van der Waals surface area contributed by atoms with E-state index in [1.165, 1.54) is 0 Å². The number of carbonyl (C=O) groups is 1. The highest BCUT2D eigenvalue weighted by Crippen LogP contribution is 2.24. The first-order valence-electron chi connectivity index (χ1n) is 9.06. The normalized spacial score (nSPS) is 17.4. The quantitative estimate of drug-likeness (QED) is 0.728. The lowest BCUT2D eigenvalue weighted by molar-refractivity contribution is 0.0678. The van der Waals surface area contributed by atoms with Crippen LogP contribution >= 0.6 is 0 Å². The Labute approximate surface area is 153 Å². The highest BCUT2D eigenvalue weighted by atomic mass is 16.2. The van der Waals surface area contributed by atoms with E-state index in [0.29, 0.717) is 12.6 Å². The number of imidazole rings is 1. The van der Waals surface area contributed by atoms with Crippen molar-refractivity contribution < 1.29 is 4.79 Å². The molecule has 3 heterocycles. The van der Waals surface area contributed by atoms with Gasteiger partial charge in [-0.3, -0.25) is 9.48 Å². The number of hydrogen-bond donors (Lipinski definition) is 0. The second-order valence-electron chi connectivity index (χ2n) is 6.83. The molecule has 1 aliphatic rings. The van der Waals surface area contributed by atoms with Gasteiger partial charge in [-0.2, -0.15) is 5.10 Å². The molecule has 0 spiro atoms. The maximum atomic E-state index is 12.9. The molecule has 26 heavy (non-hydrogen) atoms. The number of aromatic nitrogens is 4. The van der Waals surface area contributed by atoms with Crippen LogP contribution in [0.25, 0.3) is 0 Å². The van der Waals surface area contributed by atoms with Crippen molar-refractivity contribution >= 4 is 5.91 Å². The zero-order valence-electron chi connectivity index (χ0n) is 15.0. The van der Waals surface area contributed by atoms with E-state index < -0.39 is 0 Å². The molecule has 1 atom stereocenters. The summed E-state index contributed by atoms with van der Waals surface area (Å²) < 4.78 is 4.06. The van der Waals surface area contributed by atoms with Crippen LogP contribution in [0, 0.1) is 6.92 Å². The Morgan fingerprint density at radius 2 is 2.04 bits per heavy atom. The molecule has 0 N–H and O–H groups in total. The standard InChI is InChI=1S/C20H23N5O/c1-16-21-10-13-25(16)19-4-2-11-23(15-19)20(26)18-7-5-17(6-8-18)14-24-12-3-9-22-24/h3,5-10,12-13,19H,2,4,11,14-15H2,1H3/t19-/m0/s1. The summed E-state index contributed by atoms with van der Waals surface area (Å²) in [7, 11) is 0. The summed E-state index contributed by atoms with van der Waals surface area (Å²) in [6, 6.07) is 10.1. The number of likely N-dealkylation sites (tertiary alicyclic amines) is 1. The van der Waals surface area contributed by atoms with Crippen LogP contribution in [-0.2, 0) is 6.54 Å². The van der Waals surface area contributed by atoms with Gasteiger partial charge in [0.25, 0.3) is 5.91 Å². The summed E-state index contributed by atoms with van der Waals surface area (Å²) in [6.07, 6.45) is 9.65. The molecule has 1 aliphatic heterocycles. The summed E-state index contributed by atoms with van der Waals surface area (Å²) >= 11 is 0. The van der Waals surface area contributed by atoms with Crippen LogP contribution in [0.2, 0.25) is 0 Å². The third-order valence-corrected chi connectivity index (χ3v) is 5.04. The van der Waals surface area contributed by atoms with E-state index in [9.17, 15) is 4.79 Å². The Bertz CT molecular complexity index is 866. The number of piperidine rings is 1. The highest BCUT2D eigenvalue weighted by molar-refractivity contribution is 5.94. The summed E-state index contributed by atoms with van der Waals surface area (Å²) in [4.78, 5) is 19.2. The van der Waals surface area contributed by atoms with Gasteiger partial charge >= 0.3 is 0 Å². The Morgan fingerprint density at radius 1 is 1.19 bits per heavy atom. The summed E-state index contributed by atoms with van der Waals surface area (Å²) in [5.74, 6) is 1.12. The fraction of sp³-hybridized carbons (Fsp3) is 0.350. The molecule has 0 radical (unpaired) electrons. The van der Waals surface area contributed by atoms with Gasteiger partial charge in [0.1, 0.15) is 5.82 Å². The molecule has 1 fully saturated rings. The molecule has 0 unspecified atom stereocenters. The van der Waals surface area contributed by atoms with Crippen LogP contribution in [0.1, 0.15) is 40.6 Å². The zero-order valence-corrected chi connectivity index (χ0v) is 15.0. The Balaban J connectivity index is 1.44. The van der Waals surface area contributed by atoms with Crippen molar-refractivity contribution in [3.05, 3.63) is 72.1 Å². The maximum Gasteiger partial charge on any atom is 0.253 e. The molecule has 1 amide bonds. The number of hydrogen-bond acceptors (Lipinski definition) is 3. The zero-order chi connectivity index (χ0) is 17.9. The monoisotopic (exact) mass is 349 g/mol. The number of amides is 1. The predicted molar refractivity (Wildman–Crippen MR) is 98.9 cm³/mol. The SMILES string of the molecule is Cc1nccn1[C@H]1CCCN(C(=O)c2ccc(Cn3cccn3)cc2)C1. The highest BCUT2D eigenvalue weighted by Gasteiger charge is 2.26. The first-order chi connectivity index (χ1) is 12.7. The molecule has 1 saturated heterocycles. The third-order valence-electron chi connectivity index (χ3n) is 5.04. The van der Waals surface area contributed by atoms with Crippen molar-refractivity contribution in [3.8, 4) is 0 Å². The fourth-order valence-electron chi connectivity index (χ4n) is 3.66. The van der Waals surface area contributed by atoms with Crippen LogP contribution in [0.4, 0.5) is 0 Å². The third kappa shape index (κ3) is 3.40. The minimum absolute atomic E-state index is 0.109. The lowest BCUT2D eigenvalue weighted by atomic mass is 10.0. The van der Waals surface area contributed by atoms with Crippen molar-refractivity contribution in [2.24, 2.45) is 0 Å². The molecule has 4 rings (SSSR count). The van der Waals surface area contributed by atoms with Crippen molar-refractivity contribution in [3.63, 3.8) is 0 Å². The van der Waals surface area contributed by atoms with Crippen molar-refractivity contribution in [1.29, 1.82) is 0 Å². The Morgan fingerprint density at radius 3 is 2.73 bits per heavy atom. The second kappa shape index (κ2) is 7.15. The van der Waals surface area contributed by atoms with Crippen LogP contribution < -0.4 is 0 Å². The van der Waals surface area contributed by atoms with Gasteiger partial charge < -0.3 is 9.47 Å². The van der Waals surface area contributed by atoms with Gasteiger partial charge in [-0.15, -0.1) is 0 Å². The van der Waals surface area contributed by atoms with Crippen LogP contribution in [0.15, 0.2) is 55.1 Å². The number of benzene rings is 1. The lowest BCUT2D eigenvalue weighted by Gasteiger charge is -2.34. The molecule has 1 aromatic carbocycles. The van der Waals surface area contributed by atoms with Gasteiger partial charge in [0.05, 0.1) is 12.6 Å². The molecule has 3 aromatic rings. The smallest absolute Gasteiger partial charge is 0.253 e. The Hall–Kier alpha value is -2.89. The number of rotatable bonds is 4. The number of carbonyl (C=O) groups excluding carboxylic acids is 1. The van der Waals surface area contributed by atoms with Crippen LogP contribution in [-0.4, -0.2) is 43.2 Å². The van der Waals surface area contributed by atoms with E-state index in [0.717, 1.165) is 42.9 Å². The molecule has 6 nitrogen and oxygen atoms in total. The molecule has 0 bridgehead atoms. The van der Waals surface area contributed by atoms with Gasteiger partial charge in [0.2, 0.25) is 0 Å². The average molecular weight is 349 g/mol. The minimum atomic E-state index is 0.109. The largest absolute Gasteiger partial charge is 0.337 e. The van der Waals surface area contributed by atoms with E-state index in [1.54, 1.807) is 6.20 Å². The average Bonchev–Trinajstić information content (AvgIpc) is 3.33. The minimum Gasteiger partial charge on any atom is -0.337 e. The lowest BCUT2D eigenvalue weighted by Crippen LogP contribution is -2.40. The first-order valence-corrected chi connectivity index (χ1v) is 9.06. The van der Waals surface area contributed by atoms with Gasteiger partial charge in [0, 0.05) is 43.4 Å². The number of nitrogens with zero attached hydrogens (tertiary/aromatic N) is 5. The van der Waals surface area contributed by atoms with Crippen molar-refractivity contribution in [1.82, 2.24) is 24.2 Å². The van der Waals surface area contributed by atoms with Crippen LogP contribution in [0.5, 0.6) is 0 Å².